The molecule has 3 rings (SSSR count). The van der Waals surface area contributed by atoms with Crippen molar-refractivity contribution in [1.29, 1.82) is 0 Å². The third-order valence-electron chi connectivity index (χ3n) is 4.66. The molecule has 1 unspecified atom stereocenters. The van der Waals surface area contributed by atoms with E-state index < -0.39 is 11.0 Å². The molecule has 1 atom stereocenters. The van der Waals surface area contributed by atoms with Gasteiger partial charge in [-0.1, -0.05) is 17.3 Å². The number of nitrogens with zero attached hydrogens (tertiary/aromatic N) is 3. The van der Waals surface area contributed by atoms with Gasteiger partial charge in [-0.25, -0.2) is 0 Å². The highest BCUT2D eigenvalue weighted by molar-refractivity contribution is 7.17. The van der Waals surface area contributed by atoms with E-state index in [0.29, 0.717) is 30.8 Å². The van der Waals surface area contributed by atoms with E-state index in [1.807, 2.05) is 0 Å². The van der Waals surface area contributed by atoms with Gasteiger partial charge < -0.3 is 14.5 Å². The van der Waals surface area contributed by atoms with Crippen molar-refractivity contribution in [3.05, 3.63) is 51.4 Å². The summed E-state index contributed by atoms with van der Waals surface area (Å²) >= 11 is 0.819. The molecule has 1 aliphatic heterocycles. The summed E-state index contributed by atoms with van der Waals surface area (Å²) in [6.45, 7) is 0.599. The molecule has 0 radical (unpaired) electrons. The first-order valence-electron chi connectivity index (χ1n) is 8.91. The van der Waals surface area contributed by atoms with Crippen molar-refractivity contribution in [3.63, 3.8) is 0 Å². The van der Waals surface area contributed by atoms with Crippen molar-refractivity contribution in [1.82, 2.24) is 4.90 Å². The Labute approximate surface area is 171 Å². The number of rotatable bonds is 6. The Hall–Kier alpha value is -3.38. The first kappa shape index (κ1) is 20.4. The molecule has 0 saturated carbocycles. The molecule has 1 fully saturated rings. The van der Waals surface area contributed by atoms with Crippen LogP contribution in [-0.4, -0.2) is 47.9 Å². The second-order valence-electron chi connectivity index (χ2n) is 6.44. The van der Waals surface area contributed by atoms with Gasteiger partial charge in [-0.3, -0.25) is 19.7 Å². The van der Waals surface area contributed by atoms with Crippen LogP contribution < -0.4 is 9.64 Å². The molecule has 0 spiro atoms. The monoisotopic (exact) mass is 413 g/mol. The van der Waals surface area contributed by atoms with E-state index in [1.54, 1.807) is 31.3 Å². The molecule has 2 aromatic rings. The van der Waals surface area contributed by atoms with E-state index in [4.69, 9.17) is 11.2 Å². The number of nitro groups is 1. The van der Waals surface area contributed by atoms with Crippen LogP contribution in [0.3, 0.4) is 0 Å². The zero-order valence-electron chi connectivity index (χ0n) is 15.7. The Morgan fingerprint density at radius 2 is 2.07 bits per heavy atom. The minimum Gasteiger partial charge on any atom is -0.481 e. The van der Waals surface area contributed by atoms with Crippen molar-refractivity contribution in [2.24, 2.45) is 0 Å². The topological polar surface area (TPSA) is 93.0 Å². The minimum atomic E-state index is -0.606. The number of benzene rings is 1. The van der Waals surface area contributed by atoms with Crippen molar-refractivity contribution >= 4 is 33.8 Å². The summed E-state index contributed by atoms with van der Waals surface area (Å²) in [5.74, 6) is 2.42. The number of terminal acetylenes is 1. The number of ether oxygens (including phenoxy) is 1. The quantitative estimate of drug-likeness (QED) is 0.412. The Morgan fingerprint density at radius 3 is 2.69 bits per heavy atom. The highest BCUT2D eigenvalue weighted by atomic mass is 32.1. The van der Waals surface area contributed by atoms with Crippen molar-refractivity contribution in [2.45, 2.75) is 18.9 Å². The van der Waals surface area contributed by atoms with Gasteiger partial charge in [-0.05, 0) is 43.2 Å². The fraction of sp³-hybridized carbons (Fsp3) is 0.300. The van der Waals surface area contributed by atoms with Gasteiger partial charge in [-0.15, -0.1) is 6.42 Å². The average Bonchev–Trinajstić information content (AvgIpc) is 3.41. The van der Waals surface area contributed by atoms with Gasteiger partial charge in [0.1, 0.15) is 18.4 Å². The standard InChI is InChI=1S/C20H19N3O5S/c1-3-13-28-15-8-6-14(7-9-15)21(2)19(24)16-5-4-12-22(16)20(25)17-10-11-18(29-17)23(26)27/h1,6-11,16H,4-5,12-13H2,2H3. The molecule has 0 N–H and O–H groups in total. The highest BCUT2D eigenvalue weighted by Gasteiger charge is 2.37. The average molecular weight is 413 g/mol. The Morgan fingerprint density at radius 1 is 1.34 bits per heavy atom. The summed E-state index contributed by atoms with van der Waals surface area (Å²) in [4.78, 5) is 39.4. The van der Waals surface area contributed by atoms with Crippen LogP contribution in [0.25, 0.3) is 0 Å². The summed E-state index contributed by atoms with van der Waals surface area (Å²) in [6.07, 6.45) is 6.41. The number of likely N-dealkylation sites (tertiary alicyclic amines) is 1. The van der Waals surface area contributed by atoms with Crippen LogP contribution in [0, 0.1) is 22.5 Å². The van der Waals surface area contributed by atoms with E-state index >= 15 is 0 Å². The lowest BCUT2D eigenvalue weighted by Crippen LogP contribution is -2.46. The maximum Gasteiger partial charge on any atom is 0.324 e. The van der Waals surface area contributed by atoms with E-state index in [9.17, 15) is 19.7 Å². The number of anilines is 1. The number of carbonyl (C=O) groups is 2. The van der Waals surface area contributed by atoms with Crippen molar-refractivity contribution in [3.8, 4) is 18.1 Å². The van der Waals surface area contributed by atoms with Gasteiger partial charge in [-0.2, -0.15) is 0 Å². The highest BCUT2D eigenvalue weighted by Crippen LogP contribution is 2.29. The van der Waals surface area contributed by atoms with Gasteiger partial charge in [0.05, 0.1) is 9.80 Å². The van der Waals surface area contributed by atoms with Crippen LogP contribution >= 0.6 is 11.3 Å². The van der Waals surface area contributed by atoms with Crippen LogP contribution in [0.15, 0.2) is 36.4 Å². The van der Waals surface area contributed by atoms with Gasteiger partial charge in [0, 0.05) is 25.3 Å². The second-order valence-corrected chi connectivity index (χ2v) is 7.50. The molecule has 150 valence electrons. The van der Waals surface area contributed by atoms with Gasteiger partial charge in [0.15, 0.2) is 0 Å². The number of likely N-dealkylation sites (N-methyl/N-ethyl adjacent to an activating group) is 1. The molecule has 2 heterocycles. The summed E-state index contributed by atoms with van der Waals surface area (Å²) in [6, 6.07) is 9.06. The molecule has 29 heavy (non-hydrogen) atoms. The lowest BCUT2D eigenvalue weighted by atomic mass is 10.1. The Balaban J connectivity index is 1.72. The van der Waals surface area contributed by atoms with E-state index in [-0.39, 0.29) is 28.3 Å². The molecule has 1 saturated heterocycles. The SMILES string of the molecule is C#CCOc1ccc(N(C)C(=O)C2CCCN2C(=O)c2ccc([N+](=O)[O-])s2)cc1. The Bertz CT molecular complexity index is 963. The maximum absolute atomic E-state index is 13.0. The number of hydrogen-bond donors (Lipinski definition) is 0. The van der Waals surface area contributed by atoms with Crippen molar-refractivity contribution in [2.75, 3.05) is 25.1 Å². The maximum atomic E-state index is 13.0. The summed E-state index contributed by atoms with van der Waals surface area (Å²) in [5, 5.41) is 10.8. The molecular formula is C20H19N3O5S. The molecule has 0 aliphatic carbocycles. The first-order chi connectivity index (χ1) is 13.9. The summed E-state index contributed by atoms with van der Waals surface area (Å²) < 4.78 is 5.33. The van der Waals surface area contributed by atoms with Crippen LogP contribution in [0.2, 0.25) is 0 Å². The predicted octanol–water partition coefficient (Wildman–Crippen LogP) is 2.94. The molecule has 1 aliphatic rings. The van der Waals surface area contributed by atoms with E-state index in [2.05, 4.69) is 5.92 Å². The first-order valence-corrected chi connectivity index (χ1v) is 9.73. The fourth-order valence-corrected chi connectivity index (χ4v) is 3.97. The third kappa shape index (κ3) is 4.38. The van der Waals surface area contributed by atoms with Crippen molar-refractivity contribution < 1.29 is 19.2 Å². The number of thiophene rings is 1. The normalized spacial score (nSPS) is 15.6. The van der Waals surface area contributed by atoms with Gasteiger partial charge in [0.25, 0.3) is 5.91 Å². The molecule has 1 aromatic heterocycles. The smallest absolute Gasteiger partial charge is 0.324 e. The van der Waals surface area contributed by atoms with Gasteiger partial charge in [0.2, 0.25) is 5.91 Å². The second kappa shape index (κ2) is 8.75. The number of carbonyl (C=O) groups excluding carboxylic acids is 2. The molecule has 0 bridgehead atoms. The third-order valence-corrected chi connectivity index (χ3v) is 5.68. The van der Waals surface area contributed by atoms with E-state index in [0.717, 1.165) is 11.3 Å². The van der Waals surface area contributed by atoms with Crippen LogP contribution in [0.1, 0.15) is 22.5 Å². The van der Waals surface area contributed by atoms with E-state index in [1.165, 1.54) is 21.9 Å². The zero-order chi connectivity index (χ0) is 21.0. The summed E-state index contributed by atoms with van der Waals surface area (Å²) in [7, 11) is 1.65. The largest absolute Gasteiger partial charge is 0.481 e. The molecule has 1 aromatic carbocycles. The lowest BCUT2D eigenvalue weighted by Gasteiger charge is -2.28. The lowest BCUT2D eigenvalue weighted by molar-refractivity contribution is -0.380. The van der Waals surface area contributed by atoms with Crippen LogP contribution in [0.5, 0.6) is 5.75 Å². The van der Waals surface area contributed by atoms with Gasteiger partial charge >= 0.3 is 5.00 Å². The molecule has 2 amide bonds. The Kier molecular flexibility index (Phi) is 6.14. The predicted molar refractivity (Wildman–Crippen MR) is 109 cm³/mol. The minimum absolute atomic E-state index is 0.0975. The fourth-order valence-electron chi connectivity index (χ4n) is 3.19. The number of hydrogen-bond acceptors (Lipinski definition) is 6. The zero-order valence-corrected chi connectivity index (χ0v) is 16.6. The van der Waals surface area contributed by atoms with Crippen LogP contribution in [-0.2, 0) is 4.79 Å². The molecule has 8 nitrogen and oxygen atoms in total. The number of amides is 2. The van der Waals surface area contributed by atoms with Crippen LogP contribution in [0.4, 0.5) is 10.7 Å². The molecular weight excluding hydrogens is 394 g/mol. The molecule has 9 heteroatoms. The summed E-state index contributed by atoms with van der Waals surface area (Å²) in [5.41, 5.74) is 0.661.